The summed E-state index contributed by atoms with van der Waals surface area (Å²) in [5, 5.41) is 24.6. The second-order valence-electron chi connectivity index (χ2n) is 9.31. The van der Waals surface area contributed by atoms with E-state index in [1.807, 2.05) is 32.0 Å². The number of carbonyl (C=O) groups excluding carboxylic acids is 3. The minimum Gasteiger partial charge on any atom is -0.497 e. The van der Waals surface area contributed by atoms with Gasteiger partial charge in [0.25, 0.3) is 0 Å². The van der Waals surface area contributed by atoms with Gasteiger partial charge in [-0.05, 0) is 54.9 Å². The summed E-state index contributed by atoms with van der Waals surface area (Å²) >= 11 is 0. The van der Waals surface area contributed by atoms with E-state index >= 15 is 0 Å². The first-order valence-electron chi connectivity index (χ1n) is 11.4. The summed E-state index contributed by atoms with van der Waals surface area (Å²) in [6.45, 7) is 2.88. The molecular formula is C24H34N2O7. The van der Waals surface area contributed by atoms with Gasteiger partial charge in [0.2, 0.25) is 11.8 Å². The van der Waals surface area contributed by atoms with Gasteiger partial charge in [0, 0.05) is 5.92 Å². The number of aliphatic hydroxyl groups excluding tert-OH is 2. The maximum atomic E-state index is 12.9. The zero-order valence-electron chi connectivity index (χ0n) is 19.4. The largest absolute Gasteiger partial charge is 0.497 e. The van der Waals surface area contributed by atoms with Crippen molar-refractivity contribution in [2.75, 3.05) is 26.9 Å². The van der Waals surface area contributed by atoms with Crippen molar-refractivity contribution in [3.8, 4) is 5.75 Å². The molecule has 1 aromatic carbocycles. The lowest BCUT2D eigenvalue weighted by Gasteiger charge is -2.27. The SMILES string of the molecule is COc1ccc2c(c1)CC(C(=O)N[C@@H](CO)C(=O)NC(CC(C)C)C(=O)C1(CO)CO1)CC2. The van der Waals surface area contributed by atoms with Crippen LogP contribution in [0.3, 0.4) is 0 Å². The van der Waals surface area contributed by atoms with Crippen molar-refractivity contribution in [2.24, 2.45) is 11.8 Å². The van der Waals surface area contributed by atoms with Crippen LogP contribution in [0.1, 0.15) is 37.8 Å². The number of ketones is 1. The molecule has 1 saturated heterocycles. The smallest absolute Gasteiger partial charge is 0.245 e. The molecule has 1 aliphatic carbocycles. The van der Waals surface area contributed by atoms with Crippen LogP contribution in [0.5, 0.6) is 5.75 Å². The summed E-state index contributed by atoms with van der Waals surface area (Å²) in [5.74, 6) is -0.873. The van der Waals surface area contributed by atoms with Crippen LogP contribution < -0.4 is 15.4 Å². The topological polar surface area (TPSA) is 137 Å². The normalized spacial score (nSPS) is 23.3. The number of aryl methyl sites for hydroxylation is 1. The first-order chi connectivity index (χ1) is 15.7. The Morgan fingerprint density at radius 3 is 2.48 bits per heavy atom. The Hall–Kier alpha value is -2.49. The summed E-state index contributed by atoms with van der Waals surface area (Å²) in [6.07, 6.45) is 2.24. The van der Waals surface area contributed by atoms with Crippen molar-refractivity contribution < 1.29 is 34.1 Å². The number of rotatable bonds is 11. The number of carbonyl (C=O) groups is 3. The Balaban J connectivity index is 1.63. The summed E-state index contributed by atoms with van der Waals surface area (Å²) < 4.78 is 10.4. The van der Waals surface area contributed by atoms with E-state index in [1.54, 1.807) is 7.11 Å². The molecule has 4 atom stereocenters. The molecule has 9 nitrogen and oxygen atoms in total. The predicted molar refractivity (Wildman–Crippen MR) is 120 cm³/mol. The first kappa shape index (κ1) is 25.1. The standard InChI is InChI=1S/C24H34N2O7/c1-14(2)8-19(21(29)24(12-28)13-33-24)25-23(31)20(11-27)26-22(30)16-5-4-15-6-7-18(32-3)10-17(15)9-16/h6-7,10,14,16,19-20,27-28H,4-5,8-9,11-13H2,1-3H3,(H,25,31)(H,26,30)/t16?,19?,20-,24?/m0/s1. The molecular weight excluding hydrogens is 428 g/mol. The van der Waals surface area contributed by atoms with Crippen molar-refractivity contribution in [3.63, 3.8) is 0 Å². The highest BCUT2D eigenvalue weighted by atomic mass is 16.6. The Morgan fingerprint density at radius 2 is 1.91 bits per heavy atom. The van der Waals surface area contributed by atoms with Gasteiger partial charge in [-0.2, -0.15) is 0 Å². The number of benzene rings is 1. The lowest BCUT2D eigenvalue weighted by Crippen LogP contribution is -2.56. The van der Waals surface area contributed by atoms with Crippen LogP contribution in [0.15, 0.2) is 18.2 Å². The quantitative estimate of drug-likeness (QED) is 0.343. The number of hydrogen-bond donors (Lipinski definition) is 4. The molecule has 182 valence electrons. The summed E-state index contributed by atoms with van der Waals surface area (Å²) in [5.41, 5.74) is 0.944. The molecule has 4 N–H and O–H groups in total. The lowest BCUT2D eigenvalue weighted by atomic mass is 9.83. The fourth-order valence-corrected chi connectivity index (χ4v) is 4.26. The maximum Gasteiger partial charge on any atom is 0.245 e. The van der Waals surface area contributed by atoms with Gasteiger partial charge in [0.05, 0.1) is 33.0 Å². The first-order valence-corrected chi connectivity index (χ1v) is 11.4. The van der Waals surface area contributed by atoms with Gasteiger partial charge >= 0.3 is 0 Å². The molecule has 9 heteroatoms. The number of methoxy groups -OCH3 is 1. The lowest BCUT2D eigenvalue weighted by molar-refractivity contribution is -0.135. The molecule has 3 unspecified atom stereocenters. The number of Topliss-reactive ketones (excluding diaryl/α,β-unsaturated/α-hetero) is 1. The number of ether oxygens (including phenoxy) is 2. The van der Waals surface area contributed by atoms with Gasteiger partial charge in [0.15, 0.2) is 11.4 Å². The van der Waals surface area contributed by atoms with Crippen LogP contribution in [0.4, 0.5) is 0 Å². The number of fused-ring (bicyclic) bond motifs is 1. The number of amides is 2. The molecule has 1 aliphatic heterocycles. The summed E-state index contributed by atoms with van der Waals surface area (Å²) in [6, 6.07) is 3.75. The summed E-state index contributed by atoms with van der Waals surface area (Å²) in [4.78, 5) is 38.6. The van der Waals surface area contributed by atoms with Gasteiger partial charge in [-0.3, -0.25) is 14.4 Å². The van der Waals surface area contributed by atoms with E-state index in [9.17, 15) is 24.6 Å². The van der Waals surface area contributed by atoms with Gasteiger partial charge in [-0.1, -0.05) is 19.9 Å². The predicted octanol–water partition coefficient (Wildman–Crippen LogP) is 0.139. The van der Waals surface area contributed by atoms with Crippen molar-refractivity contribution in [1.82, 2.24) is 10.6 Å². The molecule has 1 fully saturated rings. The van der Waals surface area contributed by atoms with E-state index in [1.165, 1.54) is 5.56 Å². The molecule has 0 spiro atoms. The van der Waals surface area contributed by atoms with E-state index in [4.69, 9.17) is 9.47 Å². The molecule has 2 amide bonds. The third-order valence-electron chi connectivity index (χ3n) is 6.37. The van der Waals surface area contributed by atoms with E-state index in [2.05, 4.69) is 10.6 Å². The molecule has 1 heterocycles. The maximum absolute atomic E-state index is 12.9. The highest BCUT2D eigenvalue weighted by Gasteiger charge is 2.54. The Labute approximate surface area is 193 Å². The minimum absolute atomic E-state index is 0.0928. The summed E-state index contributed by atoms with van der Waals surface area (Å²) in [7, 11) is 1.59. The fraction of sp³-hybridized carbons (Fsp3) is 0.625. The van der Waals surface area contributed by atoms with Crippen molar-refractivity contribution in [3.05, 3.63) is 29.3 Å². The molecule has 0 radical (unpaired) electrons. The number of nitrogens with one attached hydrogen (secondary N) is 2. The van der Waals surface area contributed by atoms with E-state index < -0.39 is 42.6 Å². The third-order valence-corrected chi connectivity index (χ3v) is 6.37. The van der Waals surface area contributed by atoms with Gasteiger partial charge < -0.3 is 30.3 Å². The number of aliphatic hydroxyl groups is 2. The minimum atomic E-state index is -1.26. The average Bonchev–Trinajstić information content (AvgIpc) is 3.61. The molecule has 33 heavy (non-hydrogen) atoms. The van der Waals surface area contributed by atoms with Crippen LogP contribution in [0, 0.1) is 11.8 Å². The number of epoxide rings is 1. The van der Waals surface area contributed by atoms with E-state index in [-0.39, 0.29) is 24.3 Å². The van der Waals surface area contributed by atoms with Gasteiger partial charge in [-0.25, -0.2) is 0 Å². The number of hydrogen-bond acceptors (Lipinski definition) is 7. The van der Waals surface area contributed by atoms with Crippen molar-refractivity contribution in [1.29, 1.82) is 0 Å². The molecule has 0 bridgehead atoms. The molecule has 2 aliphatic rings. The highest BCUT2D eigenvalue weighted by Crippen LogP contribution is 2.30. The second kappa shape index (κ2) is 10.6. The second-order valence-corrected chi connectivity index (χ2v) is 9.31. The Morgan fingerprint density at radius 1 is 1.18 bits per heavy atom. The molecule has 1 aromatic rings. The Bertz CT molecular complexity index is 882. The van der Waals surface area contributed by atoms with Gasteiger partial charge in [0.1, 0.15) is 11.8 Å². The average molecular weight is 463 g/mol. The molecule has 3 rings (SSSR count). The molecule has 0 aromatic heterocycles. The van der Waals surface area contributed by atoms with E-state index in [0.717, 1.165) is 17.7 Å². The van der Waals surface area contributed by atoms with Crippen LogP contribution in [-0.2, 0) is 32.0 Å². The monoisotopic (exact) mass is 462 g/mol. The molecule has 0 saturated carbocycles. The Kier molecular flexibility index (Phi) is 8.10. The van der Waals surface area contributed by atoms with Crippen molar-refractivity contribution in [2.45, 2.75) is 57.2 Å². The third kappa shape index (κ3) is 5.90. The van der Waals surface area contributed by atoms with E-state index in [0.29, 0.717) is 19.3 Å². The van der Waals surface area contributed by atoms with Crippen molar-refractivity contribution >= 4 is 17.6 Å². The van der Waals surface area contributed by atoms with Crippen LogP contribution in [-0.4, -0.2) is 72.4 Å². The van der Waals surface area contributed by atoms with Gasteiger partial charge in [-0.15, -0.1) is 0 Å². The highest BCUT2D eigenvalue weighted by molar-refractivity contribution is 5.98. The van der Waals surface area contributed by atoms with Crippen LogP contribution >= 0.6 is 0 Å². The zero-order valence-corrected chi connectivity index (χ0v) is 19.4. The fourth-order valence-electron chi connectivity index (χ4n) is 4.26. The van der Waals surface area contributed by atoms with Crippen LogP contribution in [0.2, 0.25) is 0 Å². The zero-order chi connectivity index (χ0) is 24.2. The van der Waals surface area contributed by atoms with Crippen LogP contribution in [0.25, 0.3) is 0 Å².